The van der Waals surface area contributed by atoms with E-state index in [1.54, 1.807) is 0 Å². The summed E-state index contributed by atoms with van der Waals surface area (Å²) >= 11 is 0. The molecule has 0 amide bonds. The van der Waals surface area contributed by atoms with Gasteiger partial charge in [0, 0.05) is 18.2 Å². The van der Waals surface area contributed by atoms with Crippen LogP contribution in [0.2, 0.25) is 0 Å². The highest BCUT2D eigenvalue weighted by Gasteiger charge is 2.28. The number of hydrogen-bond acceptors (Lipinski definition) is 2. The molecule has 0 spiro atoms. The van der Waals surface area contributed by atoms with Gasteiger partial charge in [-0.1, -0.05) is 0 Å². The topological polar surface area (TPSA) is 46.2 Å². The Morgan fingerprint density at radius 3 is 1.59 bits per heavy atom. The Kier molecular flexibility index (Phi) is 5.80. The van der Waals surface area contributed by atoms with Crippen LogP contribution in [-0.4, -0.2) is 11.7 Å². The number of rotatable bonds is 3. The molecule has 8 heteroatoms. The van der Waals surface area contributed by atoms with Crippen LogP contribution < -0.4 is 5.73 Å². The van der Waals surface area contributed by atoms with Gasteiger partial charge < -0.3 is 10.8 Å². The minimum absolute atomic E-state index is 0. The molecule has 2 nitrogen and oxygen atoms in total. The van der Waals surface area contributed by atoms with E-state index in [1.807, 2.05) is 0 Å². The van der Waals surface area contributed by atoms with Crippen molar-refractivity contribution in [3.05, 3.63) is 34.6 Å². The zero-order valence-electron chi connectivity index (χ0n) is 8.31. The van der Waals surface area contributed by atoms with Gasteiger partial charge in [0.05, 0.1) is 0 Å². The predicted octanol–water partition coefficient (Wildman–Crippen LogP) is 2.19. The van der Waals surface area contributed by atoms with E-state index in [2.05, 4.69) is 0 Å². The minimum Gasteiger partial charge on any atom is -0.396 e. The third-order valence-corrected chi connectivity index (χ3v) is 2.05. The SMILES string of the molecule is Cl.N[C@@H](CCO)c1c(F)c(F)c(F)c(F)c1F. The molecule has 0 aliphatic heterocycles. The molecule has 0 aliphatic rings. The van der Waals surface area contributed by atoms with E-state index in [0.717, 1.165) is 0 Å². The summed E-state index contributed by atoms with van der Waals surface area (Å²) in [4.78, 5) is 0. The van der Waals surface area contributed by atoms with Crippen LogP contribution in [0.4, 0.5) is 22.0 Å². The fourth-order valence-electron chi connectivity index (χ4n) is 1.23. The molecule has 1 aromatic carbocycles. The number of nitrogens with two attached hydrogens (primary N) is 1. The first-order valence-corrected chi connectivity index (χ1v) is 4.29. The summed E-state index contributed by atoms with van der Waals surface area (Å²) in [6, 6.07) is -1.45. The Morgan fingerprint density at radius 1 is 0.882 bits per heavy atom. The summed E-state index contributed by atoms with van der Waals surface area (Å²) in [5.74, 6) is -10.2. The third kappa shape index (κ3) is 2.85. The number of benzene rings is 1. The maximum Gasteiger partial charge on any atom is 0.200 e. The van der Waals surface area contributed by atoms with Crippen LogP contribution in [0, 0.1) is 29.1 Å². The Bertz CT molecular complexity index is 386. The number of aliphatic hydroxyl groups excluding tert-OH is 1. The molecule has 0 fully saturated rings. The van der Waals surface area contributed by atoms with Crippen LogP contribution in [0.15, 0.2) is 0 Å². The van der Waals surface area contributed by atoms with E-state index in [9.17, 15) is 22.0 Å². The highest BCUT2D eigenvalue weighted by Crippen LogP contribution is 2.27. The molecule has 0 saturated carbocycles. The van der Waals surface area contributed by atoms with E-state index in [-0.39, 0.29) is 18.8 Å². The third-order valence-electron chi connectivity index (χ3n) is 2.05. The summed E-state index contributed by atoms with van der Waals surface area (Å²) in [6.45, 7) is -0.527. The lowest BCUT2D eigenvalue weighted by atomic mass is 10.0. The molecule has 0 bridgehead atoms. The van der Waals surface area contributed by atoms with Crippen LogP contribution in [-0.2, 0) is 0 Å². The van der Waals surface area contributed by atoms with Gasteiger partial charge in [0.15, 0.2) is 23.3 Å². The van der Waals surface area contributed by atoms with Crippen molar-refractivity contribution in [2.24, 2.45) is 5.73 Å². The van der Waals surface area contributed by atoms with Crippen molar-refractivity contribution in [3.8, 4) is 0 Å². The summed E-state index contributed by atoms with van der Waals surface area (Å²) in [5.41, 5.74) is 4.09. The van der Waals surface area contributed by atoms with Gasteiger partial charge in [-0.3, -0.25) is 0 Å². The lowest BCUT2D eigenvalue weighted by molar-refractivity contribution is 0.271. The molecule has 0 aliphatic carbocycles. The van der Waals surface area contributed by atoms with E-state index in [1.165, 1.54) is 0 Å². The molecule has 3 N–H and O–H groups in total. The van der Waals surface area contributed by atoms with Gasteiger partial charge in [0.1, 0.15) is 0 Å². The Labute approximate surface area is 99.6 Å². The first-order chi connectivity index (χ1) is 7.41. The molecule has 1 aromatic rings. The van der Waals surface area contributed by atoms with Gasteiger partial charge in [-0.05, 0) is 6.42 Å². The monoisotopic (exact) mass is 277 g/mol. The number of halogens is 6. The molecule has 0 unspecified atom stereocenters. The number of aliphatic hydroxyl groups is 1. The molecule has 1 atom stereocenters. The average molecular weight is 278 g/mol. The standard InChI is InChI=1S/C9H8F5NO.ClH/c10-5-4(3(15)1-2-16)6(11)8(13)9(14)7(5)12;/h3,16H,1-2,15H2;1H/t3-;/m0./s1. The maximum absolute atomic E-state index is 13.1. The van der Waals surface area contributed by atoms with Crippen molar-refractivity contribution in [3.63, 3.8) is 0 Å². The van der Waals surface area contributed by atoms with Crippen LogP contribution >= 0.6 is 12.4 Å². The van der Waals surface area contributed by atoms with Crippen molar-refractivity contribution in [2.45, 2.75) is 12.5 Å². The van der Waals surface area contributed by atoms with Crippen molar-refractivity contribution in [1.82, 2.24) is 0 Å². The zero-order chi connectivity index (χ0) is 12.5. The highest BCUT2D eigenvalue weighted by molar-refractivity contribution is 5.85. The minimum atomic E-state index is -2.23. The molecule has 0 heterocycles. The fourth-order valence-corrected chi connectivity index (χ4v) is 1.23. The maximum atomic E-state index is 13.1. The van der Waals surface area contributed by atoms with Crippen molar-refractivity contribution in [2.75, 3.05) is 6.61 Å². The van der Waals surface area contributed by atoms with Crippen LogP contribution in [0.5, 0.6) is 0 Å². The van der Waals surface area contributed by atoms with Crippen LogP contribution in [0.1, 0.15) is 18.0 Å². The van der Waals surface area contributed by atoms with Gasteiger partial charge in [0.25, 0.3) is 0 Å². The quantitative estimate of drug-likeness (QED) is 0.505. The lowest BCUT2D eigenvalue weighted by Gasteiger charge is -2.13. The molecule has 0 aromatic heterocycles. The number of hydrogen-bond donors (Lipinski definition) is 2. The van der Waals surface area contributed by atoms with Crippen molar-refractivity contribution < 1.29 is 27.1 Å². The van der Waals surface area contributed by atoms with E-state index < -0.39 is 47.3 Å². The van der Waals surface area contributed by atoms with E-state index >= 15 is 0 Å². The Balaban J connectivity index is 0.00000256. The van der Waals surface area contributed by atoms with Crippen LogP contribution in [0.25, 0.3) is 0 Å². The van der Waals surface area contributed by atoms with Gasteiger partial charge >= 0.3 is 0 Å². The molecule has 0 saturated heterocycles. The summed E-state index contributed by atoms with van der Waals surface area (Å²) in [5, 5.41) is 8.49. The van der Waals surface area contributed by atoms with Gasteiger partial charge in [-0.15, -0.1) is 12.4 Å². The largest absolute Gasteiger partial charge is 0.396 e. The van der Waals surface area contributed by atoms with Crippen LogP contribution in [0.3, 0.4) is 0 Å². The second kappa shape index (κ2) is 6.13. The molecular formula is C9H9ClF5NO. The van der Waals surface area contributed by atoms with Crippen molar-refractivity contribution >= 4 is 12.4 Å². The first-order valence-electron chi connectivity index (χ1n) is 4.29. The average Bonchev–Trinajstić information content (AvgIpc) is 2.24. The first kappa shape index (κ1) is 16.1. The Morgan fingerprint density at radius 2 is 1.24 bits per heavy atom. The summed E-state index contributed by atoms with van der Waals surface area (Å²) < 4.78 is 64.3. The van der Waals surface area contributed by atoms with Crippen molar-refractivity contribution in [1.29, 1.82) is 0 Å². The Hall–Kier alpha value is -0.920. The van der Waals surface area contributed by atoms with Gasteiger partial charge in [0.2, 0.25) is 5.82 Å². The fraction of sp³-hybridized carbons (Fsp3) is 0.333. The summed E-state index contributed by atoms with van der Waals surface area (Å²) in [7, 11) is 0. The highest BCUT2D eigenvalue weighted by atomic mass is 35.5. The van der Waals surface area contributed by atoms with E-state index in [0.29, 0.717) is 0 Å². The van der Waals surface area contributed by atoms with Gasteiger partial charge in [-0.2, -0.15) is 0 Å². The second-order valence-electron chi connectivity index (χ2n) is 3.10. The molecule has 1 rings (SSSR count). The zero-order valence-corrected chi connectivity index (χ0v) is 9.13. The molecular weight excluding hydrogens is 269 g/mol. The van der Waals surface area contributed by atoms with Gasteiger partial charge in [-0.25, -0.2) is 22.0 Å². The predicted molar refractivity (Wildman–Crippen MR) is 52.1 cm³/mol. The molecule has 98 valence electrons. The summed E-state index contributed by atoms with van der Waals surface area (Å²) in [6.07, 6.45) is -0.307. The molecule has 17 heavy (non-hydrogen) atoms. The smallest absolute Gasteiger partial charge is 0.200 e. The lowest BCUT2D eigenvalue weighted by Crippen LogP contribution is -2.19. The second-order valence-corrected chi connectivity index (χ2v) is 3.10. The normalized spacial score (nSPS) is 12.2. The molecule has 0 radical (unpaired) electrons. The van der Waals surface area contributed by atoms with E-state index in [4.69, 9.17) is 10.8 Å².